The van der Waals surface area contributed by atoms with E-state index in [1.54, 1.807) is 26.8 Å². The maximum atomic E-state index is 13.1. The van der Waals surface area contributed by atoms with Crippen LogP contribution >= 0.6 is 0 Å². The fourth-order valence-corrected chi connectivity index (χ4v) is 3.09. The number of carbonyl (C=O) groups excluding carboxylic acids is 1. The lowest BCUT2D eigenvalue weighted by Gasteiger charge is -2.27. The summed E-state index contributed by atoms with van der Waals surface area (Å²) in [7, 11) is 0. The average molecular weight is 434 g/mol. The third kappa shape index (κ3) is 6.07. The Balaban J connectivity index is 2.00. The number of para-hydroxylation sites is 1. The van der Waals surface area contributed by atoms with Gasteiger partial charge in [-0.1, -0.05) is 66.7 Å². The van der Waals surface area contributed by atoms with E-state index in [2.05, 4.69) is 0 Å². The Morgan fingerprint density at radius 1 is 0.906 bits per heavy atom. The summed E-state index contributed by atoms with van der Waals surface area (Å²) in [6.07, 6.45) is -0.676. The first kappa shape index (κ1) is 22.8. The highest BCUT2D eigenvalue weighted by molar-refractivity contribution is 5.92. The van der Waals surface area contributed by atoms with Crippen LogP contribution < -0.4 is 9.64 Å². The van der Waals surface area contributed by atoms with Crippen LogP contribution in [0.2, 0.25) is 0 Å². The van der Waals surface area contributed by atoms with Crippen molar-refractivity contribution in [2.24, 2.45) is 0 Å². The van der Waals surface area contributed by atoms with Crippen LogP contribution in [0.4, 0.5) is 16.2 Å². The molecule has 0 aliphatic carbocycles. The number of nitrogens with zero attached hydrogens (tertiary/aromatic N) is 2. The van der Waals surface area contributed by atoms with E-state index in [0.29, 0.717) is 0 Å². The molecule has 32 heavy (non-hydrogen) atoms. The van der Waals surface area contributed by atoms with Gasteiger partial charge >= 0.3 is 11.8 Å². The molecule has 0 saturated heterocycles. The van der Waals surface area contributed by atoms with Crippen LogP contribution in [-0.4, -0.2) is 16.6 Å². The summed E-state index contributed by atoms with van der Waals surface area (Å²) < 4.78 is 11.3. The Kier molecular flexibility index (Phi) is 7.10. The van der Waals surface area contributed by atoms with Crippen LogP contribution in [-0.2, 0) is 17.9 Å². The lowest BCUT2D eigenvalue weighted by atomic mass is 10.1. The van der Waals surface area contributed by atoms with Gasteiger partial charge in [-0.25, -0.2) is 4.79 Å². The molecule has 0 atom stereocenters. The van der Waals surface area contributed by atoms with Crippen molar-refractivity contribution in [1.29, 1.82) is 0 Å². The Labute approximate surface area is 187 Å². The minimum Gasteiger partial charge on any atom is -0.482 e. The highest BCUT2D eigenvalue weighted by Crippen LogP contribution is 2.39. The second-order valence-corrected chi connectivity index (χ2v) is 8.21. The molecule has 0 N–H and O–H groups in total. The number of hydrogen-bond donors (Lipinski definition) is 0. The van der Waals surface area contributed by atoms with Crippen LogP contribution in [0.15, 0.2) is 78.9 Å². The first-order valence-corrected chi connectivity index (χ1v) is 10.2. The number of nitro benzene ring substituents is 1. The summed E-state index contributed by atoms with van der Waals surface area (Å²) in [5.41, 5.74) is 0.745. The minimum absolute atomic E-state index is 0.0815. The van der Waals surface area contributed by atoms with Gasteiger partial charge in [0.2, 0.25) is 0 Å². The molecule has 7 nitrogen and oxygen atoms in total. The number of nitro groups is 1. The highest BCUT2D eigenvalue weighted by Gasteiger charge is 2.31. The second-order valence-electron chi connectivity index (χ2n) is 8.21. The molecule has 0 aliphatic heterocycles. The van der Waals surface area contributed by atoms with Crippen molar-refractivity contribution in [2.45, 2.75) is 39.5 Å². The number of anilines is 1. The molecule has 3 rings (SSSR count). The molecule has 7 heteroatoms. The molecule has 166 valence electrons. The van der Waals surface area contributed by atoms with E-state index in [4.69, 9.17) is 9.47 Å². The SMILES string of the molecule is CC(C)(C)OC(=O)N(Cc1ccccc1)c1cccc(OCc2ccccc2)c1[N+](=O)[O-]. The van der Waals surface area contributed by atoms with E-state index >= 15 is 0 Å². The fraction of sp³-hybridized carbons (Fsp3) is 0.240. The van der Waals surface area contributed by atoms with E-state index in [1.165, 1.54) is 17.0 Å². The smallest absolute Gasteiger partial charge is 0.415 e. The molecule has 0 saturated carbocycles. The number of amides is 1. The third-order valence-electron chi connectivity index (χ3n) is 4.49. The molecule has 1 amide bonds. The maximum absolute atomic E-state index is 13.1. The third-order valence-corrected chi connectivity index (χ3v) is 4.49. The lowest BCUT2D eigenvalue weighted by molar-refractivity contribution is -0.385. The molecular formula is C25H26N2O5. The van der Waals surface area contributed by atoms with Crippen LogP contribution in [0.3, 0.4) is 0 Å². The average Bonchev–Trinajstić information content (AvgIpc) is 2.76. The molecule has 0 spiro atoms. The van der Waals surface area contributed by atoms with E-state index in [9.17, 15) is 14.9 Å². The van der Waals surface area contributed by atoms with Crippen LogP contribution in [0, 0.1) is 10.1 Å². The van der Waals surface area contributed by atoms with Crippen molar-refractivity contribution >= 4 is 17.5 Å². The topological polar surface area (TPSA) is 81.9 Å². The zero-order chi connectivity index (χ0) is 23.1. The zero-order valence-corrected chi connectivity index (χ0v) is 18.4. The lowest BCUT2D eigenvalue weighted by Crippen LogP contribution is -2.36. The van der Waals surface area contributed by atoms with Gasteiger partial charge in [-0.15, -0.1) is 0 Å². The van der Waals surface area contributed by atoms with Crippen LogP contribution in [0.5, 0.6) is 5.75 Å². The molecule has 0 fully saturated rings. The molecular weight excluding hydrogens is 408 g/mol. The quantitative estimate of drug-likeness (QED) is 0.331. The molecule has 0 bridgehead atoms. The summed E-state index contributed by atoms with van der Waals surface area (Å²) in [5, 5.41) is 12.1. The highest BCUT2D eigenvalue weighted by atomic mass is 16.6. The van der Waals surface area contributed by atoms with Crippen LogP contribution in [0.25, 0.3) is 0 Å². The zero-order valence-electron chi connectivity index (χ0n) is 18.4. The predicted octanol–water partition coefficient (Wildman–Crippen LogP) is 6.12. The van der Waals surface area contributed by atoms with Crippen molar-refractivity contribution < 1.29 is 19.2 Å². The van der Waals surface area contributed by atoms with E-state index in [-0.39, 0.29) is 30.3 Å². The Hall–Kier alpha value is -3.87. The van der Waals surface area contributed by atoms with Crippen molar-refractivity contribution in [3.05, 3.63) is 100 Å². The van der Waals surface area contributed by atoms with Crippen molar-refractivity contribution in [3.8, 4) is 5.75 Å². The van der Waals surface area contributed by atoms with Gasteiger partial charge in [0.05, 0.1) is 11.5 Å². The van der Waals surface area contributed by atoms with E-state index in [1.807, 2.05) is 60.7 Å². The van der Waals surface area contributed by atoms with Gasteiger partial charge < -0.3 is 9.47 Å². The normalized spacial score (nSPS) is 11.0. The maximum Gasteiger partial charge on any atom is 0.415 e. The molecule has 0 aromatic heterocycles. The second kappa shape index (κ2) is 9.96. The number of carbonyl (C=O) groups is 1. The van der Waals surface area contributed by atoms with E-state index < -0.39 is 16.6 Å². The first-order chi connectivity index (χ1) is 15.2. The van der Waals surface area contributed by atoms with Gasteiger partial charge in [-0.3, -0.25) is 15.0 Å². The van der Waals surface area contributed by atoms with Crippen molar-refractivity contribution in [2.75, 3.05) is 4.90 Å². The number of benzene rings is 3. The predicted molar refractivity (Wildman–Crippen MR) is 123 cm³/mol. The number of ether oxygens (including phenoxy) is 2. The van der Waals surface area contributed by atoms with Crippen molar-refractivity contribution in [1.82, 2.24) is 0 Å². The van der Waals surface area contributed by atoms with Gasteiger partial charge in [0.15, 0.2) is 5.75 Å². The summed E-state index contributed by atoms with van der Waals surface area (Å²) in [6.45, 7) is 5.52. The molecule has 0 radical (unpaired) electrons. The molecule has 3 aromatic carbocycles. The number of hydrogen-bond acceptors (Lipinski definition) is 5. The minimum atomic E-state index is -0.762. The summed E-state index contributed by atoms with van der Waals surface area (Å²) in [5.74, 6) is 0.0815. The van der Waals surface area contributed by atoms with Gasteiger partial charge in [0.1, 0.15) is 17.9 Å². The fourth-order valence-electron chi connectivity index (χ4n) is 3.09. The summed E-state index contributed by atoms with van der Waals surface area (Å²) >= 11 is 0. The first-order valence-electron chi connectivity index (χ1n) is 10.2. The van der Waals surface area contributed by atoms with Crippen LogP contribution in [0.1, 0.15) is 31.9 Å². The van der Waals surface area contributed by atoms with Gasteiger partial charge in [0, 0.05) is 0 Å². The van der Waals surface area contributed by atoms with Gasteiger partial charge in [-0.2, -0.15) is 0 Å². The van der Waals surface area contributed by atoms with Gasteiger partial charge in [0.25, 0.3) is 0 Å². The molecule has 0 unspecified atom stereocenters. The molecule has 3 aromatic rings. The number of rotatable bonds is 7. The summed E-state index contributed by atoms with van der Waals surface area (Å²) in [4.78, 5) is 25.9. The monoisotopic (exact) mass is 434 g/mol. The van der Waals surface area contributed by atoms with Crippen molar-refractivity contribution in [3.63, 3.8) is 0 Å². The molecule has 0 aliphatic rings. The van der Waals surface area contributed by atoms with Gasteiger partial charge in [-0.05, 0) is 44.0 Å². The van der Waals surface area contributed by atoms with E-state index in [0.717, 1.165) is 11.1 Å². The molecule has 0 heterocycles. The standard InChI is InChI=1S/C25H26N2O5/c1-25(2,3)32-24(28)26(17-19-11-6-4-7-12-19)21-15-10-16-22(23(21)27(29)30)31-18-20-13-8-5-9-14-20/h4-16H,17-18H2,1-3H3. The largest absolute Gasteiger partial charge is 0.482 e. The summed E-state index contributed by atoms with van der Waals surface area (Å²) in [6, 6.07) is 23.3. The Bertz CT molecular complexity index is 1060. The Morgan fingerprint density at radius 3 is 2.06 bits per heavy atom. The Morgan fingerprint density at radius 2 is 1.50 bits per heavy atom.